The summed E-state index contributed by atoms with van der Waals surface area (Å²) in [4.78, 5) is 15.1. The molecule has 0 radical (unpaired) electrons. The third-order valence-corrected chi connectivity index (χ3v) is 5.00. The number of anilines is 1. The Bertz CT molecular complexity index is 785. The Labute approximate surface area is 145 Å². The second-order valence-electron chi connectivity index (χ2n) is 4.47. The van der Waals surface area contributed by atoms with Gasteiger partial charge >= 0.3 is 0 Å². The van der Waals surface area contributed by atoms with Crippen molar-refractivity contribution in [3.05, 3.63) is 50.8 Å². The SMILES string of the molecule is COc1ccccc1N1C(=O)/C(=C\c2cc(Br)cs2)NC1=S. The molecule has 1 aliphatic rings. The number of thiophene rings is 1. The predicted octanol–water partition coefficient (Wildman–Crippen LogP) is 3.78. The highest BCUT2D eigenvalue weighted by molar-refractivity contribution is 9.10. The van der Waals surface area contributed by atoms with Gasteiger partial charge in [0.05, 0.1) is 12.8 Å². The third-order valence-electron chi connectivity index (χ3n) is 3.08. The van der Waals surface area contributed by atoms with Gasteiger partial charge in [-0.15, -0.1) is 11.3 Å². The summed E-state index contributed by atoms with van der Waals surface area (Å²) in [5.41, 5.74) is 1.08. The number of carbonyl (C=O) groups excluding carboxylic acids is 1. The fraction of sp³-hybridized carbons (Fsp3) is 0.0667. The van der Waals surface area contributed by atoms with E-state index in [9.17, 15) is 4.79 Å². The molecular formula is C15H11BrN2O2S2. The number of methoxy groups -OCH3 is 1. The molecular weight excluding hydrogens is 384 g/mol. The second kappa shape index (κ2) is 6.20. The zero-order valence-electron chi connectivity index (χ0n) is 11.5. The molecule has 0 unspecified atom stereocenters. The molecule has 0 saturated carbocycles. The summed E-state index contributed by atoms with van der Waals surface area (Å²) >= 11 is 10.2. The summed E-state index contributed by atoms with van der Waals surface area (Å²) in [5, 5.41) is 5.27. The first-order chi connectivity index (χ1) is 10.6. The number of benzene rings is 1. The minimum absolute atomic E-state index is 0.195. The zero-order chi connectivity index (χ0) is 15.7. The van der Waals surface area contributed by atoms with Crippen LogP contribution in [0.15, 0.2) is 45.9 Å². The average Bonchev–Trinajstić information content (AvgIpc) is 3.03. The summed E-state index contributed by atoms with van der Waals surface area (Å²) in [6, 6.07) is 9.23. The predicted molar refractivity (Wildman–Crippen MR) is 96.2 cm³/mol. The number of para-hydroxylation sites is 2. The second-order valence-corrected chi connectivity index (χ2v) is 6.71. The van der Waals surface area contributed by atoms with E-state index in [-0.39, 0.29) is 5.91 Å². The topological polar surface area (TPSA) is 41.6 Å². The van der Waals surface area contributed by atoms with Crippen molar-refractivity contribution >= 4 is 62.3 Å². The quantitative estimate of drug-likeness (QED) is 0.635. The molecule has 1 amide bonds. The molecule has 1 aromatic heterocycles. The molecule has 1 saturated heterocycles. The van der Waals surface area contributed by atoms with Crippen LogP contribution in [-0.4, -0.2) is 18.1 Å². The number of nitrogens with zero attached hydrogens (tertiary/aromatic N) is 1. The fourth-order valence-electron chi connectivity index (χ4n) is 2.11. The molecule has 2 aromatic rings. The van der Waals surface area contributed by atoms with E-state index in [0.29, 0.717) is 22.2 Å². The summed E-state index contributed by atoms with van der Waals surface area (Å²) in [7, 11) is 1.57. The lowest BCUT2D eigenvalue weighted by atomic mass is 10.2. The van der Waals surface area contributed by atoms with E-state index >= 15 is 0 Å². The van der Waals surface area contributed by atoms with Crippen molar-refractivity contribution in [1.29, 1.82) is 0 Å². The highest BCUT2D eigenvalue weighted by atomic mass is 79.9. The number of amides is 1. The van der Waals surface area contributed by atoms with Gasteiger partial charge in [0, 0.05) is 14.7 Å². The minimum Gasteiger partial charge on any atom is -0.495 e. The smallest absolute Gasteiger partial charge is 0.281 e. The maximum atomic E-state index is 12.6. The van der Waals surface area contributed by atoms with E-state index in [2.05, 4.69) is 21.2 Å². The standard InChI is InChI=1S/C15H11BrN2O2S2/c1-20-13-5-3-2-4-12(13)18-14(19)11(17-15(18)21)7-10-6-9(16)8-22-10/h2-8H,1H3,(H,17,21)/b11-7+. The molecule has 0 aliphatic carbocycles. The lowest BCUT2D eigenvalue weighted by molar-refractivity contribution is -0.113. The number of ether oxygens (including phenoxy) is 1. The molecule has 1 aliphatic heterocycles. The lowest BCUT2D eigenvalue weighted by Gasteiger charge is -2.17. The van der Waals surface area contributed by atoms with Crippen LogP contribution in [-0.2, 0) is 4.79 Å². The average molecular weight is 395 g/mol. The molecule has 1 N–H and O–H groups in total. The normalized spacial score (nSPS) is 16.3. The monoisotopic (exact) mass is 394 g/mol. The van der Waals surface area contributed by atoms with Gasteiger partial charge in [-0.1, -0.05) is 12.1 Å². The van der Waals surface area contributed by atoms with Gasteiger partial charge in [0.15, 0.2) is 5.11 Å². The van der Waals surface area contributed by atoms with Gasteiger partial charge in [0.25, 0.3) is 5.91 Å². The zero-order valence-corrected chi connectivity index (χ0v) is 14.7. The molecule has 4 nitrogen and oxygen atoms in total. The van der Waals surface area contributed by atoms with Crippen molar-refractivity contribution in [3.8, 4) is 5.75 Å². The Morgan fingerprint density at radius 1 is 1.41 bits per heavy atom. The molecule has 0 atom stereocenters. The molecule has 0 spiro atoms. The van der Waals surface area contributed by atoms with Crippen LogP contribution >= 0.6 is 39.5 Å². The maximum Gasteiger partial charge on any atom is 0.281 e. The molecule has 22 heavy (non-hydrogen) atoms. The maximum absolute atomic E-state index is 12.6. The van der Waals surface area contributed by atoms with Crippen molar-refractivity contribution in [2.45, 2.75) is 0 Å². The van der Waals surface area contributed by atoms with Crippen LogP contribution in [0.25, 0.3) is 6.08 Å². The Kier molecular flexibility index (Phi) is 4.28. The van der Waals surface area contributed by atoms with Gasteiger partial charge in [-0.05, 0) is 52.4 Å². The molecule has 3 rings (SSSR count). The van der Waals surface area contributed by atoms with Crippen LogP contribution in [0, 0.1) is 0 Å². The van der Waals surface area contributed by atoms with Crippen LogP contribution in [0.2, 0.25) is 0 Å². The number of hydrogen-bond donors (Lipinski definition) is 1. The Morgan fingerprint density at radius 2 is 2.18 bits per heavy atom. The van der Waals surface area contributed by atoms with E-state index in [1.807, 2.05) is 23.6 Å². The number of carbonyl (C=O) groups is 1. The van der Waals surface area contributed by atoms with E-state index in [1.54, 1.807) is 36.7 Å². The summed E-state index contributed by atoms with van der Waals surface area (Å²) in [6.45, 7) is 0. The summed E-state index contributed by atoms with van der Waals surface area (Å²) in [5.74, 6) is 0.402. The number of hydrogen-bond acceptors (Lipinski definition) is 4. The summed E-state index contributed by atoms with van der Waals surface area (Å²) < 4.78 is 6.29. The lowest BCUT2D eigenvalue weighted by Crippen LogP contribution is -2.30. The van der Waals surface area contributed by atoms with Crippen molar-refractivity contribution in [1.82, 2.24) is 5.32 Å². The van der Waals surface area contributed by atoms with E-state index in [1.165, 1.54) is 4.90 Å². The highest BCUT2D eigenvalue weighted by Gasteiger charge is 2.33. The number of nitrogens with one attached hydrogen (secondary N) is 1. The first kappa shape index (κ1) is 15.2. The van der Waals surface area contributed by atoms with E-state index in [4.69, 9.17) is 17.0 Å². The molecule has 7 heteroatoms. The van der Waals surface area contributed by atoms with Crippen LogP contribution in [0.5, 0.6) is 5.75 Å². The highest BCUT2D eigenvalue weighted by Crippen LogP contribution is 2.31. The van der Waals surface area contributed by atoms with Gasteiger partial charge in [-0.2, -0.15) is 0 Å². The summed E-state index contributed by atoms with van der Waals surface area (Å²) in [6.07, 6.45) is 1.79. The third kappa shape index (κ3) is 2.79. The van der Waals surface area contributed by atoms with E-state index < -0.39 is 0 Å². The Balaban J connectivity index is 1.97. The minimum atomic E-state index is -0.195. The number of thiocarbonyl (C=S) groups is 1. The van der Waals surface area contributed by atoms with Crippen LogP contribution in [0.3, 0.4) is 0 Å². The first-order valence-corrected chi connectivity index (χ1v) is 8.42. The van der Waals surface area contributed by atoms with Crippen LogP contribution in [0.1, 0.15) is 4.88 Å². The van der Waals surface area contributed by atoms with Gasteiger partial charge in [-0.25, -0.2) is 4.90 Å². The molecule has 1 fully saturated rings. The van der Waals surface area contributed by atoms with Crippen molar-refractivity contribution < 1.29 is 9.53 Å². The molecule has 0 bridgehead atoms. The van der Waals surface area contributed by atoms with Crippen molar-refractivity contribution in [2.75, 3.05) is 12.0 Å². The Morgan fingerprint density at radius 3 is 2.86 bits per heavy atom. The van der Waals surface area contributed by atoms with Crippen LogP contribution in [0.4, 0.5) is 5.69 Å². The Hall–Kier alpha value is -1.70. The number of halogens is 1. The van der Waals surface area contributed by atoms with Gasteiger partial charge < -0.3 is 10.1 Å². The van der Waals surface area contributed by atoms with Gasteiger partial charge in [-0.3, -0.25) is 4.79 Å². The molecule has 112 valence electrons. The van der Waals surface area contributed by atoms with Crippen LogP contribution < -0.4 is 15.0 Å². The first-order valence-electron chi connectivity index (χ1n) is 6.34. The van der Waals surface area contributed by atoms with Gasteiger partial charge in [0.2, 0.25) is 0 Å². The number of rotatable bonds is 3. The molecule has 1 aromatic carbocycles. The van der Waals surface area contributed by atoms with Crippen molar-refractivity contribution in [3.63, 3.8) is 0 Å². The van der Waals surface area contributed by atoms with Crippen molar-refractivity contribution in [2.24, 2.45) is 0 Å². The van der Waals surface area contributed by atoms with E-state index in [0.717, 1.165) is 9.35 Å². The largest absolute Gasteiger partial charge is 0.495 e. The molecule has 2 heterocycles. The van der Waals surface area contributed by atoms with Gasteiger partial charge in [0.1, 0.15) is 11.4 Å². The fourth-order valence-corrected chi connectivity index (χ4v) is 3.78.